The number of hydrogen-bond donors (Lipinski definition) is 5. The lowest BCUT2D eigenvalue weighted by Crippen LogP contribution is -2.40. The molecule has 0 unspecified atom stereocenters. The topological polar surface area (TPSA) is 130 Å². The van der Waals surface area contributed by atoms with Crippen LogP contribution in [-0.2, 0) is 9.59 Å². The average Bonchev–Trinajstić information content (AvgIpc) is 2.11. The van der Waals surface area contributed by atoms with Crippen LogP contribution in [0.1, 0.15) is 12.8 Å². The highest BCUT2D eigenvalue weighted by Crippen LogP contribution is 1.95. The summed E-state index contributed by atoms with van der Waals surface area (Å²) in [6.07, 6.45) is -1.30. The predicted molar refractivity (Wildman–Crippen MR) is 39.9 cm³/mol. The van der Waals surface area contributed by atoms with Crippen molar-refractivity contribution in [2.75, 3.05) is 0 Å². The molecule has 7 N–H and O–H groups in total. The molecule has 0 aliphatic rings. The van der Waals surface area contributed by atoms with Gasteiger partial charge in [0.2, 0.25) is 5.91 Å². The van der Waals surface area contributed by atoms with Gasteiger partial charge in [-0.05, 0) is 6.42 Å². The highest BCUT2D eigenvalue weighted by Gasteiger charge is 2.14. The summed E-state index contributed by atoms with van der Waals surface area (Å²) in [7, 11) is 0. The number of aliphatic hydroxyl groups excluding tert-OH is 1. The zero-order chi connectivity index (χ0) is 9.56. The predicted octanol–water partition coefficient (Wildman–Crippen LogP) is -2.89. The Morgan fingerprint density at radius 3 is 2.33 bits per heavy atom. The summed E-state index contributed by atoms with van der Waals surface area (Å²) in [6.45, 7) is 0. The quantitative estimate of drug-likeness (QED) is 0.178. The number of nitrogens with one attached hydrogen (secondary N) is 2. The van der Waals surface area contributed by atoms with Gasteiger partial charge in [-0.2, -0.15) is 0 Å². The number of amides is 2. The van der Waals surface area contributed by atoms with Crippen molar-refractivity contribution in [3.63, 3.8) is 0 Å². The van der Waals surface area contributed by atoms with Crippen LogP contribution in [0.25, 0.3) is 0 Å². The third-order valence-electron chi connectivity index (χ3n) is 1.25. The number of carbonyl (C=O) groups is 2. The molecule has 0 rings (SSSR count). The molecule has 12 heavy (non-hydrogen) atoms. The smallest absolute Gasteiger partial charge is 0.262 e. The average molecular weight is 176 g/mol. The number of hydrazine groups is 2. The fourth-order valence-corrected chi connectivity index (χ4v) is 0.567. The standard InChI is InChI=1S/C5H12N4O3/c6-8-4(11)2-1-3(10)5(12)9-7/h3,10H,1-2,6-7H2,(H,8,11)(H,9,12)/t3-/m1/s1. The van der Waals surface area contributed by atoms with Crippen molar-refractivity contribution in [1.29, 1.82) is 0 Å². The molecule has 7 heteroatoms. The molecule has 70 valence electrons. The van der Waals surface area contributed by atoms with Gasteiger partial charge in [0.1, 0.15) is 6.10 Å². The van der Waals surface area contributed by atoms with Crippen LogP contribution in [0.3, 0.4) is 0 Å². The molecular formula is C5H12N4O3. The number of aliphatic hydroxyl groups is 1. The first kappa shape index (κ1) is 10.8. The Balaban J connectivity index is 3.63. The van der Waals surface area contributed by atoms with E-state index >= 15 is 0 Å². The van der Waals surface area contributed by atoms with Crippen molar-refractivity contribution in [2.24, 2.45) is 11.7 Å². The summed E-state index contributed by atoms with van der Waals surface area (Å²) in [5, 5.41) is 8.95. The number of nitrogens with two attached hydrogens (primary N) is 2. The molecule has 0 saturated heterocycles. The van der Waals surface area contributed by atoms with E-state index in [0.29, 0.717) is 0 Å². The zero-order valence-corrected chi connectivity index (χ0v) is 6.41. The molecule has 0 saturated carbocycles. The molecule has 0 heterocycles. The van der Waals surface area contributed by atoms with E-state index in [1.165, 1.54) is 0 Å². The van der Waals surface area contributed by atoms with Gasteiger partial charge in [-0.15, -0.1) is 0 Å². The van der Waals surface area contributed by atoms with E-state index in [1.54, 1.807) is 5.43 Å². The van der Waals surface area contributed by atoms with Crippen molar-refractivity contribution >= 4 is 11.8 Å². The molecule has 0 aliphatic carbocycles. The SMILES string of the molecule is NNC(=O)CC[C@@H](O)C(=O)NN. The first-order valence-corrected chi connectivity index (χ1v) is 3.29. The molecule has 0 aromatic rings. The van der Waals surface area contributed by atoms with Gasteiger partial charge in [-0.3, -0.25) is 20.4 Å². The molecular weight excluding hydrogens is 164 g/mol. The van der Waals surface area contributed by atoms with Gasteiger partial charge >= 0.3 is 0 Å². The van der Waals surface area contributed by atoms with Gasteiger partial charge < -0.3 is 5.11 Å². The van der Waals surface area contributed by atoms with Gasteiger partial charge in [0.05, 0.1) is 0 Å². The Bertz CT molecular complexity index is 172. The molecule has 0 bridgehead atoms. The molecule has 0 radical (unpaired) electrons. The lowest BCUT2D eigenvalue weighted by molar-refractivity contribution is -0.130. The fraction of sp³-hybridized carbons (Fsp3) is 0.600. The monoisotopic (exact) mass is 176 g/mol. The van der Waals surface area contributed by atoms with Crippen molar-refractivity contribution in [1.82, 2.24) is 10.9 Å². The van der Waals surface area contributed by atoms with Crippen LogP contribution < -0.4 is 22.5 Å². The largest absolute Gasteiger partial charge is 0.383 e. The molecule has 0 aromatic carbocycles. The van der Waals surface area contributed by atoms with Crippen LogP contribution >= 0.6 is 0 Å². The highest BCUT2D eigenvalue weighted by atomic mass is 16.3. The van der Waals surface area contributed by atoms with E-state index < -0.39 is 17.9 Å². The first-order valence-electron chi connectivity index (χ1n) is 3.29. The minimum Gasteiger partial charge on any atom is -0.383 e. The number of hydrogen-bond acceptors (Lipinski definition) is 5. The molecule has 0 spiro atoms. The van der Waals surface area contributed by atoms with E-state index in [0.717, 1.165) is 0 Å². The van der Waals surface area contributed by atoms with Crippen LogP contribution in [0.4, 0.5) is 0 Å². The molecule has 7 nitrogen and oxygen atoms in total. The second kappa shape index (κ2) is 5.47. The maximum absolute atomic E-state index is 10.6. The van der Waals surface area contributed by atoms with Crippen molar-refractivity contribution in [3.8, 4) is 0 Å². The van der Waals surface area contributed by atoms with E-state index in [9.17, 15) is 9.59 Å². The summed E-state index contributed by atoms with van der Waals surface area (Å²) >= 11 is 0. The summed E-state index contributed by atoms with van der Waals surface area (Å²) < 4.78 is 0. The minimum atomic E-state index is -1.27. The van der Waals surface area contributed by atoms with Gasteiger partial charge in [0.25, 0.3) is 5.91 Å². The van der Waals surface area contributed by atoms with Crippen LogP contribution in [0.15, 0.2) is 0 Å². The van der Waals surface area contributed by atoms with Crippen molar-refractivity contribution in [3.05, 3.63) is 0 Å². The lowest BCUT2D eigenvalue weighted by atomic mass is 10.2. The summed E-state index contributed by atoms with van der Waals surface area (Å²) in [6, 6.07) is 0. The summed E-state index contributed by atoms with van der Waals surface area (Å²) in [5.41, 5.74) is 3.62. The normalized spacial score (nSPS) is 11.9. The highest BCUT2D eigenvalue weighted by molar-refractivity contribution is 5.81. The van der Waals surface area contributed by atoms with Gasteiger partial charge in [0, 0.05) is 6.42 Å². The van der Waals surface area contributed by atoms with E-state index in [2.05, 4.69) is 0 Å². The molecule has 0 aliphatic heterocycles. The molecule has 1 atom stereocenters. The maximum atomic E-state index is 10.6. The Hall–Kier alpha value is -1.18. The van der Waals surface area contributed by atoms with E-state index in [4.69, 9.17) is 16.8 Å². The van der Waals surface area contributed by atoms with Crippen LogP contribution in [0.2, 0.25) is 0 Å². The van der Waals surface area contributed by atoms with Crippen LogP contribution in [0.5, 0.6) is 0 Å². The molecule has 0 aromatic heterocycles. The molecule has 0 fully saturated rings. The number of carbonyl (C=O) groups excluding carboxylic acids is 2. The Morgan fingerprint density at radius 2 is 1.92 bits per heavy atom. The van der Waals surface area contributed by atoms with E-state index in [-0.39, 0.29) is 12.8 Å². The molecule has 2 amide bonds. The lowest BCUT2D eigenvalue weighted by Gasteiger charge is -2.06. The first-order chi connectivity index (χ1) is 5.61. The van der Waals surface area contributed by atoms with Crippen molar-refractivity contribution in [2.45, 2.75) is 18.9 Å². The Kier molecular flexibility index (Phi) is 4.93. The summed E-state index contributed by atoms with van der Waals surface area (Å²) in [5.74, 6) is 8.32. The van der Waals surface area contributed by atoms with Gasteiger partial charge in [-0.25, -0.2) is 11.7 Å². The zero-order valence-electron chi connectivity index (χ0n) is 6.41. The van der Waals surface area contributed by atoms with Gasteiger partial charge in [0.15, 0.2) is 0 Å². The minimum absolute atomic E-state index is 0.00787. The summed E-state index contributed by atoms with van der Waals surface area (Å²) in [4.78, 5) is 21.1. The van der Waals surface area contributed by atoms with Crippen LogP contribution in [-0.4, -0.2) is 23.0 Å². The van der Waals surface area contributed by atoms with Crippen LogP contribution in [0, 0.1) is 0 Å². The maximum Gasteiger partial charge on any atom is 0.262 e. The third-order valence-corrected chi connectivity index (χ3v) is 1.25. The Labute approximate surface area is 69.0 Å². The van der Waals surface area contributed by atoms with Gasteiger partial charge in [-0.1, -0.05) is 0 Å². The fourth-order valence-electron chi connectivity index (χ4n) is 0.567. The van der Waals surface area contributed by atoms with Crippen molar-refractivity contribution < 1.29 is 14.7 Å². The van der Waals surface area contributed by atoms with E-state index in [1.807, 2.05) is 5.43 Å². The third kappa shape index (κ3) is 3.86. The Morgan fingerprint density at radius 1 is 1.33 bits per heavy atom. The second-order valence-electron chi connectivity index (χ2n) is 2.13. The number of rotatable bonds is 4. The second-order valence-corrected chi connectivity index (χ2v) is 2.13.